The monoisotopic (exact) mass is 334 g/mol. The van der Waals surface area contributed by atoms with Crippen LogP contribution >= 0.6 is 11.6 Å². The Balaban J connectivity index is 1.74. The second-order valence-corrected chi connectivity index (χ2v) is 5.20. The first-order valence-corrected chi connectivity index (χ1v) is 7.87. The van der Waals surface area contributed by atoms with E-state index in [9.17, 15) is 4.79 Å². The summed E-state index contributed by atoms with van der Waals surface area (Å²) in [5.74, 6) is 1.43. The standard InChI is InChI=1S/C18H19ClO4/c1-2-21-16-6-3-4-7-17(16)23-18(20)8-5-13-22-15-11-9-14(19)10-12-15/h3-4,6-7,9-12H,2,5,8,13H2,1H3. The number of halogens is 1. The Labute approximate surface area is 140 Å². The minimum absolute atomic E-state index is 0.272. The highest BCUT2D eigenvalue weighted by molar-refractivity contribution is 6.30. The second-order valence-electron chi connectivity index (χ2n) is 4.76. The van der Waals surface area contributed by atoms with Gasteiger partial charge in [-0.05, 0) is 49.7 Å². The summed E-state index contributed by atoms with van der Waals surface area (Å²) in [5.41, 5.74) is 0. The van der Waals surface area contributed by atoms with Crippen molar-refractivity contribution in [3.8, 4) is 17.2 Å². The second kappa shape index (κ2) is 9.06. The molecule has 0 fully saturated rings. The minimum Gasteiger partial charge on any atom is -0.494 e. The normalized spacial score (nSPS) is 10.2. The molecule has 122 valence electrons. The number of benzene rings is 2. The molecule has 4 nitrogen and oxygen atoms in total. The van der Waals surface area contributed by atoms with Crippen LogP contribution in [0.3, 0.4) is 0 Å². The highest BCUT2D eigenvalue weighted by Gasteiger charge is 2.09. The van der Waals surface area contributed by atoms with Gasteiger partial charge in [0.05, 0.1) is 13.2 Å². The van der Waals surface area contributed by atoms with Crippen molar-refractivity contribution >= 4 is 17.6 Å². The predicted octanol–water partition coefficient (Wildman–Crippen LogP) is 4.50. The molecule has 0 aliphatic heterocycles. The highest BCUT2D eigenvalue weighted by atomic mass is 35.5. The zero-order chi connectivity index (χ0) is 16.5. The van der Waals surface area contributed by atoms with Crippen molar-refractivity contribution in [2.24, 2.45) is 0 Å². The third-order valence-electron chi connectivity index (χ3n) is 2.98. The summed E-state index contributed by atoms with van der Waals surface area (Å²) in [5, 5.41) is 0.661. The van der Waals surface area contributed by atoms with Crippen molar-refractivity contribution in [2.45, 2.75) is 19.8 Å². The lowest BCUT2D eigenvalue weighted by Gasteiger charge is -2.10. The third-order valence-corrected chi connectivity index (χ3v) is 3.23. The van der Waals surface area contributed by atoms with Gasteiger partial charge in [-0.3, -0.25) is 4.79 Å². The van der Waals surface area contributed by atoms with Gasteiger partial charge in [0, 0.05) is 11.4 Å². The molecule has 0 saturated heterocycles. The van der Waals surface area contributed by atoms with Crippen LogP contribution in [0.2, 0.25) is 5.02 Å². The van der Waals surface area contributed by atoms with E-state index in [0.717, 1.165) is 5.75 Å². The Bertz CT molecular complexity index is 625. The van der Waals surface area contributed by atoms with E-state index in [1.165, 1.54) is 0 Å². The summed E-state index contributed by atoms with van der Waals surface area (Å²) in [4.78, 5) is 11.9. The molecule has 0 N–H and O–H groups in total. The van der Waals surface area contributed by atoms with E-state index < -0.39 is 0 Å². The van der Waals surface area contributed by atoms with Gasteiger partial charge in [-0.15, -0.1) is 0 Å². The van der Waals surface area contributed by atoms with Crippen molar-refractivity contribution in [2.75, 3.05) is 13.2 Å². The molecule has 0 heterocycles. The molecule has 23 heavy (non-hydrogen) atoms. The molecule has 0 unspecified atom stereocenters. The summed E-state index contributed by atoms with van der Waals surface area (Å²) >= 11 is 5.80. The Morgan fingerprint density at radius 2 is 1.70 bits per heavy atom. The van der Waals surface area contributed by atoms with Gasteiger partial charge in [-0.1, -0.05) is 23.7 Å². The average molecular weight is 335 g/mol. The Morgan fingerprint density at radius 3 is 2.39 bits per heavy atom. The van der Waals surface area contributed by atoms with Gasteiger partial charge in [0.25, 0.3) is 0 Å². The number of hydrogen-bond donors (Lipinski definition) is 0. The molecule has 0 aliphatic carbocycles. The third kappa shape index (κ3) is 5.83. The number of carbonyl (C=O) groups is 1. The Kier molecular flexibility index (Phi) is 6.76. The number of rotatable bonds is 8. The molecule has 0 spiro atoms. The minimum atomic E-state index is -0.308. The first-order chi connectivity index (χ1) is 11.2. The van der Waals surface area contributed by atoms with E-state index in [4.69, 9.17) is 25.8 Å². The van der Waals surface area contributed by atoms with Gasteiger partial charge in [0.1, 0.15) is 5.75 Å². The topological polar surface area (TPSA) is 44.8 Å². The maximum absolute atomic E-state index is 11.9. The van der Waals surface area contributed by atoms with Gasteiger partial charge in [-0.2, -0.15) is 0 Å². The van der Waals surface area contributed by atoms with Crippen molar-refractivity contribution in [1.29, 1.82) is 0 Å². The summed E-state index contributed by atoms with van der Waals surface area (Å²) in [6.45, 7) is 2.83. The summed E-state index contributed by atoms with van der Waals surface area (Å²) < 4.78 is 16.3. The average Bonchev–Trinajstić information content (AvgIpc) is 2.55. The number of carbonyl (C=O) groups excluding carboxylic acids is 1. The summed E-state index contributed by atoms with van der Waals surface area (Å²) in [7, 11) is 0. The van der Waals surface area contributed by atoms with Gasteiger partial charge in [0.2, 0.25) is 0 Å². The Hall–Kier alpha value is -2.20. The van der Waals surface area contributed by atoms with Gasteiger partial charge >= 0.3 is 5.97 Å². The van der Waals surface area contributed by atoms with Gasteiger partial charge in [0.15, 0.2) is 11.5 Å². The zero-order valence-corrected chi connectivity index (χ0v) is 13.7. The van der Waals surface area contributed by atoms with Crippen LogP contribution in [0.15, 0.2) is 48.5 Å². The maximum Gasteiger partial charge on any atom is 0.311 e. The number of para-hydroxylation sites is 2. The van der Waals surface area contributed by atoms with E-state index in [1.807, 2.05) is 13.0 Å². The number of esters is 1. The predicted molar refractivity (Wildman–Crippen MR) is 89.4 cm³/mol. The first kappa shape index (κ1) is 17.2. The maximum atomic E-state index is 11.9. The van der Waals surface area contributed by atoms with Crippen molar-refractivity contribution in [3.05, 3.63) is 53.6 Å². The lowest BCUT2D eigenvalue weighted by molar-refractivity contribution is -0.134. The molecule has 2 aromatic rings. The van der Waals surface area contributed by atoms with Crippen LogP contribution in [0.1, 0.15) is 19.8 Å². The molecular weight excluding hydrogens is 316 g/mol. The Morgan fingerprint density at radius 1 is 1.00 bits per heavy atom. The van der Waals surface area contributed by atoms with Gasteiger partial charge in [-0.25, -0.2) is 0 Å². The van der Waals surface area contributed by atoms with E-state index in [0.29, 0.717) is 36.2 Å². The molecule has 2 rings (SSSR count). The smallest absolute Gasteiger partial charge is 0.311 e. The zero-order valence-electron chi connectivity index (χ0n) is 13.0. The fourth-order valence-corrected chi connectivity index (χ4v) is 2.05. The quantitative estimate of drug-likeness (QED) is 0.405. The van der Waals surface area contributed by atoms with Crippen LogP contribution in [0.5, 0.6) is 17.2 Å². The van der Waals surface area contributed by atoms with Crippen molar-refractivity contribution in [3.63, 3.8) is 0 Å². The fourth-order valence-electron chi connectivity index (χ4n) is 1.92. The van der Waals surface area contributed by atoms with Crippen molar-refractivity contribution in [1.82, 2.24) is 0 Å². The SMILES string of the molecule is CCOc1ccccc1OC(=O)CCCOc1ccc(Cl)cc1. The number of ether oxygens (including phenoxy) is 3. The molecule has 0 aliphatic rings. The molecule has 2 aromatic carbocycles. The van der Waals surface area contributed by atoms with Crippen LogP contribution in [0.4, 0.5) is 0 Å². The van der Waals surface area contributed by atoms with Crippen LogP contribution in [0.25, 0.3) is 0 Å². The lowest BCUT2D eigenvalue weighted by atomic mass is 10.3. The summed E-state index contributed by atoms with van der Waals surface area (Å²) in [6, 6.07) is 14.2. The highest BCUT2D eigenvalue weighted by Crippen LogP contribution is 2.26. The van der Waals surface area contributed by atoms with Crippen LogP contribution < -0.4 is 14.2 Å². The van der Waals surface area contributed by atoms with E-state index in [1.54, 1.807) is 42.5 Å². The molecule has 0 amide bonds. The fraction of sp³-hybridized carbons (Fsp3) is 0.278. The van der Waals surface area contributed by atoms with E-state index in [2.05, 4.69) is 0 Å². The molecule has 0 saturated carbocycles. The molecular formula is C18H19ClO4. The largest absolute Gasteiger partial charge is 0.494 e. The number of hydrogen-bond acceptors (Lipinski definition) is 4. The molecule has 0 aromatic heterocycles. The first-order valence-electron chi connectivity index (χ1n) is 7.50. The molecule has 0 bridgehead atoms. The molecule has 5 heteroatoms. The van der Waals surface area contributed by atoms with E-state index >= 15 is 0 Å². The molecule has 0 radical (unpaired) electrons. The van der Waals surface area contributed by atoms with E-state index in [-0.39, 0.29) is 12.4 Å². The van der Waals surface area contributed by atoms with Crippen LogP contribution in [-0.4, -0.2) is 19.2 Å². The molecule has 0 atom stereocenters. The lowest BCUT2D eigenvalue weighted by Crippen LogP contribution is -2.10. The van der Waals surface area contributed by atoms with Gasteiger partial charge < -0.3 is 14.2 Å². The van der Waals surface area contributed by atoms with Crippen LogP contribution in [0, 0.1) is 0 Å². The van der Waals surface area contributed by atoms with Crippen molar-refractivity contribution < 1.29 is 19.0 Å². The van der Waals surface area contributed by atoms with Crippen LogP contribution in [-0.2, 0) is 4.79 Å². The summed E-state index contributed by atoms with van der Waals surface area (Å²) in [6.07, 6.45) is 0.840.